The van der Waals surface area contributed by atoms with Crippen LogP contribution in [0.15, 0.2) is 0 Å². The van der Waals surface area contributed by atoms with Gasteiger partial charge in [-0.2, -0.15) is 0 Å². The second-order valence-corrected chi connectivity index (χ2v) is 10.1. The van der Waals surface area contributed by atoms with Crippen molar-refractivity contribution in [2.45, 2.75) is 115 Å². The number of carbonyl (C=O) groups excluding carboxylic acids is 3. The van der Waals surface area contributed by atoms with Crippen molar-refractivity contribution in [3.63, 3.8) is 0 Å². The molecule has 2 aliphatic heterocycles. The lowest BCUT2D eigenvalue weighted by Gasteiger charge is -2.49. The van der Waals surface area contributed by atoms with Crippen molar-refractivity contribution in [2.24, 2.45) is 0 Å². The monoisotopic (exact) mass is 480 g/mol. The smallest absolute Gasteiger partial charge is 0.332 e. The highest BCUT2D eigenvalue weighted by atomic mass is 16.3. The van der Waals surface area contributed by atoms with E-state index in [1.165, 1.54) is 75.5 Å². The number of imide groups is 2. The van der Waals surface area contributed by atoms with Gasteiger partial charge in [0, 0.05) is 26.2 Å². The molecule has 196 valence electrons. The molecule has 34 heavy (non-hydrogen) atoms. The maximum absolute atomic E-state index is 12.7. The number of hydrogen-bond donors (Lipinski definition) is 3. The molecule has 1 atom stereocenters. The summed E-state index contributed by atoms with van der Waals surface area (Å²) in [5.41, 5.74) is -0.827. The Bertz CT molecular complexity index is 608. The number of barbiturate groups is 1. The predicted octanol–water partition coefficient (Wildman–Crippen LogP) is 3.92. The van der Waals surface area contributed by atoms with E-state index in [0.717, 1.165) is 25.8 Å². The summed E-state index contributed by atoms with van der Waals surface area (Å²) in [6, 6.07) is -0.634. The predicted molar refractivity (Wildman–Crippen MR) is 134 cm³/mol. The van der Waals surface area contributed by atoms with Crippen molar-refractivity contribution < 1.29 is 19.5 Å². The minimum atomic E-state index is -0.827. The molecule has 8 nitrogen and oxygen atoms in total. The van der Waals surface area contributed by atoms with Gasteiger partial charge in [0.25, 0.3) is 0 Å². The lowest BCUT2D eigenvalue weighted by atomic mass is 9.94. The molecule has 1 unspecified atom stereocenters. The zero-order valence-electron chi connectivity index (χ0n) is 21.4. The van der Waals surface area contributed by atoms with Crippen LogP contribution in [0.25, 0.3) is 0 Å². The van der Waals surface area contributed by atoms with Gasteiger partial charge in [-0.1, -0.05) is 90.4 Å². The van der Waals surface area contributed by atoms with E-state index in [4.69, 9.17) is 0 Å². The van der Waals surface area contributed by atoms with E-state index in [-0.39, 0.29) is 13.0 Å². The quantitative estimate of drug-likeness (QED) is 0.203. The number of β-amino-alcohol motifs (C(OH)–C–C–N with tert-alkyl or cyclic N) is 1. The molecule has 8 heteroatoms. The summed E-state index contributed by atoms with van der Waals surface area (Å²) in [6.07, 6.45) is 18.2. The van der Waals surface area contributed by atoms with Crippen LogP contribution in [0, 0.1) is 0 Å². The van der Waals surface area contributed by atoms with Crippen LogP contribution in [0.2, 0.25) is 0 Å². The van der Waals surface area contributed by atoms with Gasteiger partial charge < -0.3 is 5.11 Å². The summed E-state index contributed by atoms with van der Waals surface area (Å²) in [5, 5.41) is 15.1. The molecule has 4 amide bonds. The molecular formula is C26H48N4O4. The minimum absolute atomic E-state index is 0.0353. The topological polar surface area (TPSA) is 102 Å². The maximum Gasteiger partial charge on any atom is 0.332 e. The van der Waals surface area contributed by atoms with Crippen molar-refractivity contribution in [3.8, 4) is 0 Å². The third-order valence-electron chi connectivity index (χ3n) is 7.17. The summed E-state index contributed by atoms with van der Waals surface area (Å²) in [5.74, 6) is -0.988. The Morgan fingerprint density at radius 2 is 1.41 bits per heavy atom. The van der Waals surface area contributed by atoms with Crippen LogP contribution in [0.5, 0.6) is 0 Å². The Morgan fingerprint density at radius 1 is 0.853 bits per heavy atom. The van der Waals surface area contributed by atoms with Crippen molar-refractivity contribution in [2.75, 3.05) is 32.8 Å². The van der Waals surface area contributed by atoms with Crippen LogP contribution >= 0.6 is 0 Å². The van der Waals surface area contributed by atoms with Gasteiger partial charge >= 0.3 is 6.03 Å². The molecular weight excluding hydrogens is 432 g/mol. The number of unbranched alkanes of at least 4 members (excludes halogenated alkanes) is 13. The summed E-state index contributed by atoms with van der Waals surface area (Å²) >= 11 is 0. The van der Waals surface area contributed by atoms with Gasteiger partial charge in [0.1, 0.15) is 12.1 Å². The number of rotatable bonds is 18. The number of aliphatic hydroxyl groups is 1. The fraction of sp³-hybridized carbons (Fsp3) is 0.885. The molecule has 0 saturated carbocycles. The van der Waals surface area contributed by atoms with Gasteiger partial charge in [-0.05, 0) is 12.8 Å². The molecule has 0 aromatic rings. The van der Waals surface area contributed by atoms with E-state index >= 15 is 0 Å². The van der Waals surface area contributed by atoms with Crippen molar-refractivity contribution in [3.05, 3.63) is 0 Å². The van der Waals surface area contributed by atoms with E-state index in [1.807, 2.05) is 0 Å². The molecule has 0 aromatic carbocycles. The first-order valence-corrected chi connectivity index (χ1v) is 13.8. The number of urea groups is 1. The van der Waals surface area contributed by atoms with Gasteiger partial charge in [0.2, 0.25) is 11.8 Å². The van der Waals surface area contributed by atoms with Gasteiger partial charge in [-0.3, -0.25) is 25.1 Å². The zero-order valence-corrected chi connectivity index (χ0v) is 21.4. The zero-order chi connectivity index (χ0) is 24.7. The van der Waals surface area contributed by atoms with Crippen LogP contribution in [0.1, 0.15) is 110 Å². The average Bonchev–Trinajstić information content (AvgIpc) is 2.79. The Labute approximate surface area is 206 Å². The third-order valence-corrected chi connectivity index (χ3v) is 7.17. The van der Waals surface area contributed by atoms with E-state index < -0.39 is 23.5 Å². The van der Waals surface area contributed by atoms with E-state index in [1.54, 1.807) is 0 Å². The second kappa shape index (κ2) is 16.2. The lowest BCUT2D eigenvalue weighted by Crippen LogP contribution is -2.74. The first kappa shape index (κ1) is 28.7. The third kappa shape index (κ3) is 9.62. The standard InChI is InChI=1S/C26H48N4O4/c1-2-3-4-5-6-7-8-9-10-11-12-13-14-15-16-26(22-29(19-20-31)18-17-27-26)30-24(33)21-23(32)28-25(30)34/h27,31H,2-22H2,1H3,(H,28,32,34). The summed E-state index contributed by atoms with van der Waals surface area (Å²) < 4.78 is 0. The molecule has 2 heterocycles. The number of hydrogen-bond acceptors (Lipinski definition) is 6. The highest BCUT2D eigenvalue weighted by molar-refractivity contribution is 6.14. The fourth-order valence-electron chi connectivity index (χ4n) is 5.31. The van der Waals surface area contributed by atoms with Crippen LogP contribution in [-0.4, -0.2) is 71.2 Å². The number of nitrogens with one attached hydrogen (secondary N) is 2. The Hall–Kier alpha value is -1.51. The number of nitrogens with zero attached hydrogens (tertiary/aromatic N) is 2. The van der Waals surface area contributed by atoms with Crippen molar-refractivity contribution >= 4 is 17.8 Å². The van der Waals surface area contributed by atoms with Gasteiger partial charge in [-0.15, -0.1) is 0 Å². The molecule has 3 N–H and O–H groups in total. The van der Waals surface area contributed by atoms with Gasteiger partial charge in [0.15, 0.2) is 0 Å². The minimum Gasteiger partial charge on any atom is -0.395 e. The van der Waals surface area contributed by atoms with Gasteiger partial charge in [-0.25, -0.2) is 9.69 Å². The molecule has 2 saturated heterocycles. The number of amides is 4. The summed E-state index contributed by atoms with van der Waals surface area (Å²) in [4.78, 5) is 40.2. The van der Waals surface area contributed by atoms with Crippen molar-refractivity contribution in [1.82, 2.24) is 20.4 Å². The largest absolute Gasteiger partial charge is 0.395 e. The molecule has 0 aliphatic carbocycles. The summed E-state index contributed by atoms with van der Waals surface area (Å²) in [7, 11) is 0. The van der Waals surface area contributed by atoms with E-state index in [0.29, 0.717) is 26.1 Å². The van der Waals surface area contributed by atoms with Crippen LogP contribution in [-0.2, 0) is 9.59 Å². The molecule has 2 aliphatic rings. The molecule has 2 rings (SSSR count). The lowest BCUT2D eigenvalue weighted by molar-refractivity contribution is -0.143. The SMILES string of the molecule is CCCCCCCCCCCCCCCCC1(N2C(=O)CC(=O)NC2=O)CN(CCO)CCN1. The normalized spacial score (nSPS) is 21.8. The Kier molecular flexibility index (Phi) is 13.7. The molecule has 0 bridgehead atoms. The van der Waals surface area contributed by atoms with Crippen molar-refractivity contribution in [1.29, 1.82) is 0 Å². The van der Waals surface area contributed by atoms with E-state index in [9.17, 15) is 19.5 Å². The number of carbonyl (C=O) groups is 3. The van der Waals surface area contributed by atoms with Gasteiger partial charge in [0.05, 0.1) is 6.61 Å². The maximum atomic E-state index is 12.7. The van der Waals surface area contributed by atoms with Crippen LogP contribution in [0.3, 0.4) is 0 Å². The first-order valence-electron chi connectivity index (χ1n) is 13.8. The number of piperazine rings is 1. The average molecular weight is 481 g/mol. The first-order chi connectivity index (χ1) is 16.5. The molecule has 0 aromatic heterocycles. The molecule has 0 spiro atoms. The molecule has 0 radical (unpaired) electrons. The summed E-state index contributed by atoms with van der Waals surface area (Å²) in [6.45, 7) is 4.65. The molecule has 2 fully saturated rings. The Balaban J connectivity index is 1.70. The number of aliphatic hydroxyl groups excluding tert-OH is 1. The second-order valence-electron chi connectivity index (χ2n) is 10.1. The Morgan fingerprint density at radius 3 is 1.94 bits per heavy atom. The van der Waals surface area contributed by atoms with Crippen LogP contribution < -0.4 is 10.6 Å². The van der Waals surface area contributed by atoms with E-state index in [2.05, 4.69) is 22.5 Å². The van der Waals surface area contributed by atoms with Crippen LogP contribution in [0.4, 0.5) is 4.79 Å². The highest BCUT2D eigenvalue weighted by Crippen LogP contribution is 2.27. The fourth-order valence-corrected chi connectivity index (χ4v) is 5.31. The highest BCUT2D eigenvalue weighted by Gasteiger charge is 2.48.